The molecule has 186 valence electrons. The van der Waals surface area contributed by atoms with E-state index in [-0.39, 0.29) is 30.6 Å². The van der Waals surface area contributed by atoms with E-state index in [1.165, 1.54) is 11.1 Å². The number of Topliss-reactive ketones (excluding diaryl/α,β-unsaturated/α-hetero) is 1. The molecule has 1 saturated heterocycles. The molecule has 1 fully saturated rings. The molecule has 1 atom stereocenters. The molecule has 7 nitrogen and oxygen atoms in total. The van der Waals surface area contributed by atoms with E-state index in [0.29, 0.717) is 29.5 Å². The van der Waals surface area contributed by atoms with Gasteiger partial charge in [-0.1, -0.05) is 6.07 Å². The van der Waals surface area contributed by atoms with E-state index in [9.17, 15) is 13.2 Å². The highest BCUT2D eigenvalue weighted by atomic mass is 35.5. The van der Waals surface area contributed by atoms with Gasteiger partial charge < -0.3 is 10.5 Å². The number of anilines is 2. The fraction of sp³-hybridized carbons (Fsp3) is 0.458. The Morgan fingerprint density at radius 2 is 1.82 bits per heavy atom. The third-order valence-corrected chi connectivity index (χ3v) is 7.66. The van der Waals surface area contributed by atoms with Gasteiger partial charge in [0, 0.05) is 43.3 Å². The molecule has 2 aromatic carbocycles. The van der Waals surface area contributed by atoms with Crippen LogP contribution in [0.15, 0.2) is 36.4 Å². The maximum absolute atomic E-state index is 12.9. The lowest BCUT2D eigenvalue weighted by molar-refractivity contribution is -0.0200. The fourth-order valence-corrected chi connectivity index (χ4v) is 5.97. The van der Waals surface area contributed by atoms with Crippen LogP contribution in [0.1, 0.15) is 47.2 Å². The number of aryl methyl sites for hydroxylation is 1. The fourth-order valence-electron chi connectivity index (χ4n) is 5.41. The first-order valence-corrected chi connectivity index (χ1v) is 13.0. The van der Waals surface area contributed by atoms with E-state index in [1.807, 2.05) is 6.07 Å². The number of rotatable bonds is 3. The van der Waals surface area contributed by atoms with Crippen molar-refractivity contribution in [1.29, 1.82) is 0 Å². The number of ether oxygens (including phenoxy) is 1. The molecule has 0 aromatic heterocycles. The van der Waals surface area contributed by atoms with Gasteiger partial charge >= 0.3 is 0 Å². The number of fused-ring (bicyclic) bond motifs is 2. The number of halogens is 2. The first kappa shape index (κ1) is 26.6. The third kappa shape index (κ3) is 5.46. The highest BCUT2D eigenvalue weighted by Crippen LogP contribution is 2.41. The number of carbonyl (C=O) groups excluding carboxylic acids is 1. The number of piperidine rings is 1. The van der Waals surface area contributed by atoms with Gasteiger partial charge in [0.05, 0.1) is 18.2 Å². The van der Waals surface area contributed by atoms with Crippen LogP contribution in [0.3, 0.4) is 0 Å². The average molecular weight is 529 g/mol. The van der Waals surface area contributed by atoms with Crippen molar-refractivity contribution in [2.24, 2.45) is 0 Å². The summed E-state index contributed by atoms with van der Waals surface area (Å²) in [5, 5.41) is 0. The Morgan fingerprint density at radius 3 is 2.53 bits per heavy atom. The van der Waals surface area contributed by atoms with Crippen molar-refractivity contribution in [3.8, 4) is 5.75 Å². The average Bonchev–Trinajstić information content (AvgIpc) is 2.73. The maximum atomic E-state index is 12.9. The van der Waals surface area contributed by atoms with Crippen molar-refractivity contribution in [1.82, 2.24) is 4.90 Å². The number of benzene rings is 2. The van der Waals surface area contributed by atoms with E-state index in [1.54, 1.807) is 18.2 Å². The van der Waals surface area contributed by atoms with Gasteiger partial charge in [-0.25, -0.2) is 8.42 Å². The highest BCUT2D eigenvalue weighted by molar-refractivity contribution is 7.92. The number of ketones is 1. The van der Waals surface area contributed by atoms with Crippen LogP contribution in [-0.2, 0) is 22.9 Å². The van der Waals surface area contributed by atoms with Gasteiger partial charge in [-0.05, 0) is 60.7 Å². The minimum absolute atomic E-state index is 0. The molecule has 2 aliphatic heterocycles. The summed E-state index contributed by atoms with van der Waals surface area (Å²) in [6, 6.07) is 11.7. The predicted octanol–water partition coefficient (Wildman–Crippen LogP) is 3.84. The second kappa shape index (κ2) is 9.93. The second-order valence-electron chi connectivity index (χ2n) is 9.43. The molecule has 2 heterocycles. The lowest BCUT2D eigenvalue weighted by atomic mass is 9.80. The molecule has 0 radical (unpaired) electrons. The molecule has 2 aromatic rings. The molecule has 0 bridgehead atoms. The summed E-state index contributed by atoms with van der Waals surface area (Å²) in [5.41, 5.74) is 9.91. The molecule has 0 amide bonds. The van der Waals surface area contributed by atoms with Gasteiger partial charge in [0.15, 0.2) is 5.78 Å². The Labute approximate surface area is 213 Å². The van der Waals surface area contributed by atoms with Crippen LogP contribution in [0.5, 0.6) is 5.75 Å². The molecule has 3 N–H and O–H groups in total. The Bertz CT molecular complexity index is 1180. The molecule has 5 rings (SSSR count). The van der Waals surface area contributed by atoms with Gasteiger partial charge in [-0.2, -0.15) is 0 Å². The van der Waals surface area contributed by atoms with E-state index < -0.39 is 15.6 Å². The molecular weight excluding hydrogens is 497 g/mol. The highest BCUT2D eigenvalue weighted by Gasteiger charge is 2.44. The zero-order chi connectivity index (χ0) is 22.5. The maximum Gasteiger partial charge on any atom is 0.229 e. The summed E-state index contributed by atoms with van der Waals surface area (Å²) in [5.74, 6) is 0.568. The summed E-state index contributed by atoms with van der Waals surface area (Å²) in [4.78, 5) is 15.5. The van der Waals surface area contributed by atoms with Crippen LogP contribution >= 0.6 is 24.8 Å². The van der Waals surface area contributed by atoms with E-state index in [4.69, 9.17) is 10.5 Å². The van der Waals surface area contributed by atoms with Gasteiger partial charge in [0.2, 0.25) is 10.0 Å². The number of nitrogens with zero attached hydrogens (tertiary/aromatic N) is 1. The van der Waals surface area contributed by atoms with Crippen molar-refractivity contribution in [2.45, 2.75) is 50.2 Å². The Balaban J connectivity index is 0.00000162. The Morgan fingerprint density at radius 1 is 1.09 bits per heavy atom. The number of carbonyl (C=O) groups is 1. The number of hydrogen-bond donors (Lipinski definition) is 2. The molecule has 3 aliphatic rings. The zero-order valence-corrected chi connectivity index (χ0v) is 21.5. The molecule has 1 spiro atoms. The van der Waals surface area contributed by atoms with Crippen molar-refractivity contribution in [2.75, 3.05) is 29.8 Å². The molecule has 34 heavy (non-hydrogen) atoms. The van der Waals surface area contributed by atoms with Gasteiger partial charge in [0.25, 0.3) is 0 Å². The predicted molar refractivity (Wildman–Crippen MR) is 139 cm³/mol. The van der Waals surface area contributed by atoms with Crippen LogP contribution in [-0.4, -0.2) is 50.1 Å². The minimum Gasteiger partial charge on any atom is -0.486 e. The van der Waals surface area contributed by atoms with Crippen molar-refractivity contribution < 1.29 is 17.9 Å². The van der Waals surface area contributed by atoms with E-state index >= 15 is 0 Å². The third-order valence-electron chi connectivity index (χ3n) is 7.05. The standard InChI is InChI=1S/C24H29N3O4S.2ClH/c1-32(29,30)26-19-5-7-23-21(14-19)22(28)15-24(31-23)8-10-27(11-9-24)20-6-3-16-12-18(25)4-2-17(16)13-20;;/h2,4-5,7,12,14,20,26H,3,6,8-11,13,15,25H2,1H3;2*1H/t20-;;/m1../s1. The summed E-state index contributed by atoms with van der Waals surface area (Å²) in [6.07, 6.45) is 6.28. The van der Waals surface area contributed by atoms with Crippen molar-refractivity contribution >= 4 is 52.0 Å². The summed E-state index contributed by atoms with van der Waals surface area (Å²) >= 11 is 0. The molecule has 0 unspecified atom stereocenters. The van der Waals surface area contributed by atoms with Crippen LogP contribution in [0.4, 0.5) is 11.4 Å². The lowest BCUT2D eigenvalue weighted by Crippen LogP contribution is -2.54. The molecule has 0 saturated carbocycles. The largest absolute Gasteiger partial charge is 0.486 e. The molecule has 10 heteroatoms. The SMILES string of the molecule is CS(=O)(=O)Nc1ccc2c(c1)C(=O)CC1(CCN([C@@H]3CCc4cc(N)ccc4C3)CC1)O2.Cl.Cl. The van der Waals surface area contributed by atoms with Crippen LogP contribution in [0.25, 0.3) is 0 Å². The van der Waals surface area contributed by atoms with E-state index in [0.717, 1.165) is 57.1 Å². The number of hydrogen-bond acceptors (Lipinski definition) is 6. The Kier molecular flexibility index (Phi) is 7.77. The van der Waals surface area contributed by atoms with Gasteiger partial charge in [-0.3, -0.25) is 14.4 Å². The second-order valence-corrected chi connectivity index (χ2v) is 11.2. The number of nitrogens with two attached hydrogens (primary N) is 1. The summed E-state index contributed by atoms with van der Waals surface area (Å²) in [6.45, 7) is 1.82. The minimum atomic E-state index is -3.40. The van der Waals surface area contributed by atoms with Crippen molar-refractivity contribution in [3.05, 3.63) is 53.1 Å². The molecule has 1 aliphatic carbocycles. The first-order chi connectivity index (χ1) is 15.2. The quantitative estimate of drug-likeness (QED) is 0.588. The smallest absolute Gasteiger partial charge is 0.229 e. The summed E-state index contributed by atoms with van der Waals surface area (Å²) < 4.78 is 31.8. The van der Waals surface area contributed by atoms with Crippen LogP contribution in [0.2, 0.25) is 0 Å². The van der Waals surface area contributed by atoms with E-state index in [2.05, 4.69) is 21.8 Å². The lowest BCUT2D eigenvalue weighted by Gasteiger charge is -2.46. The van der Waals surface area contributed by atoms with Gasteiger partial charge in [-0.15, -0.1) is 24.8 Å². The van der Waals surface area contributed by atoms with Gasteiger partial charge in [0.1, 0.15) is 11.4 Å². The topological polar surface area (TPSA) is 102 Å². The van der Waals surface area contributed by atoms with Crippen LogP contribution < -0.4 is 15.2 Å². The summed E-state index contributed by atoms with van der Waals surface area (Å²) in [7, 11) is -3.40. The van der Waals surface area contributed by atoms with Crippen molar-refractivity contribution in [3.63, 3.8) is 0 Å². The first-order valence-electron chi connectivity index (χ1n) is 11.2. The van der Waals surface area contributed by atoms with Crippen LogP contribution in [0, 0.1) is 0 Å². The normalized spacial score (nSPS) is 21.3. The zero-order valence-electron chi connectivity index (χ0n) is 19.1. The molecular formula is C24H31Cl2N3O4S. The number of sulfonamides is 1. The number of nitrogen functional groups attached to an aromatic ring is 1. The number of nitrogens with one attached hydrogen (secondary N) is 1. The monoisotopic (exact) mass is 527 g/mol. The number of likely N-dealkylation sites (tertiary alicyclic amines) is 1. The Hall–Kier alpha value is -2.00.